The number of nitrogens with one attached hydrogen (secondary N) is 1. The lowest BCUT2D eigenvalue weighted by atomic mass is 10.3. The maximum absolute atomic E-state index is 12.1. The Morgan fingerprint density at radius 3 is 2.39 bits per heavy atom. The maximum Gasteiger partial charge on any atom is 0.236 e. The lowest BCUT2D eigenvalue weighted by Crippen LogP contribution is -2.49. The van der Waals surface area contributed by atoms with Gasteiger partial charge in [0.05, 0.1) is 13.2 Å². The van der Waals surface area contributed by atoms with Gasteiger partial charge in [0.15, 0.2) is 0 Å². The highest BCUT2D eigenvalue weighted by Gasteiger charge is 2.17. The van der Waals surface area contributed by atoms with Gasteiger partial charge in [0.25, 0.3) is 0 Å². The van der Waals surface area contributed by atoms with E-state index in [-0.39, 0.29) is 5.91 Å². The average molecular weight is 321 g/mol. The Hall–Kier alpha value is -1.79. The summed E-state index contributed by atoms with van der Waals surface area (Å²) in [5.41, 5.74) is 0. The Morgan fingerprint density at radius 1 is 1.17 bits per heavy atom. The zero-order valence-electron chi connectivity index (χ0n) is 14.1. The second kappa shape index (κ2) is 9.37. The lowest BCUT2D eigenvalue weighted by molar-refractivity contribution is -0.132. The van der Waals surface area contributed by atoms with E-state index in [2.05, 4.69) is 5.32 Å². The molecule has 23 heavy (non-hydrogen) atoms. The Labute approximate surface area is 138 Å². The first-order valence-electron chi connectivity index (χ1n) is 8.21. The number of rotatable bonds is 8. The van der Waals surface area contributed by atoms with Gasteiger partial charge >= 0.3 is 0 Å². The van der Waals surface area contributed by atoms with Crippen LogP contribution in [0.25, 0.3) is 0 Å². The van der Waals surface area contributed by atoms with E-state index in [1.54, 1.807) is 0 Å². The van der Waals surface area contributed by atoms with E-state index in [0.29, 0.717) is 26.3 Å². The van der Waals surface area contributed by atoms with E-state index in [4.69, 9.17) is 9.47 Å². The second-order valence-electron chi connectivity index (χ2n) is 5.62. The summed E-state index contributed by atoms with van der Waals surface area (Å²) in [4.78, 5) is 16.1. The van der Waals surface area contributed by atoms with Gasteiger partial charge in [0.1, 0.15) is 18.1 Å². The van der Waals surface area contributed by atoms with E-state index >= 15 is 0 Å². The predicted molar refractivity (Wildman–Crippen MR) is 90.1 cm³/mol. The van der Waals surface area contributed by atoms with Crippen molar-refractivity contribution >= 4 is 5.91 Å². The van der Waals surface area contributed by atoms with Crippen LogP contribution in [0.15, 0.2) is 24.3 Å². The molecule has 6 nitrogen and oxygen atoms in total. The highest BCUT2D eigenvalue weighted by molar-refractivity contribution is 5.78. The molecule has 0 atom stereocenters. The van der Waals surface area contributed by atoms with Crippen molar-refractivity contribution in [2.45, 2.75) is 6.92 Å². The summed E-state index contributed by atoms with van der Waals surface area (Å²) in [7, 11) is 1.95. The van der Waals surface area contributed by atoms with Crippen LogP contribution in [-0.4, -0.2) is 75.2 Å². The normalized spacial score (nSPS) is 14.8. The number of likely N-dealkylation sites (N-methyl/N-ethyl adjacent to an activating group) is 1. The molecule has 128 valence electrons. The van der Waals surface area contributed by atoms with Gasteiger partial charge in [-0.1, -0.05) is 0 Å². The van der Waals surface area contributed by atoms with Gasteiger partial charge in [0.2, 0.25) is 5.91 Å². The monoisotopic (exact) mass is 321 g/mol. The third kappa shape index (κ3) is 6.08. The summed E-state index contributed by atoms with van der Waals surface area (Å²) in [6.07, 6.45) is 0. The first-order chi connectivity index (χ1) is 11.2. The van der Waals surface area contributed by atoms with E-state index in [9.17, 15) is 4.79 Å². The van der Waals surface area contributed by atoms with Crippen LogP contribution in [0.5, 0.6) is 11.5 Å². The molecular formula is C17H27N3O3. The SMILES string of the molecule is CCOc1ccc(OCCN(C)CC(=O)N2CCNCC2)cc1. The molecule has 1 amide bonds. The number of piperazine rings is 1. The Balaban J connectivity index is 1.65. The summed E-state index contributed by atoms with van der Waals surface area (Å²) in [5, 5.41) is 3.25. The summed E-state index contributed by atoms with van der Waals surface area (Å²) < 4.78 is 11.1. The minimum absolute atomic E-state index is 0.190. The zero-order valence-corrected chi connectivity index (χ0v) is 14.1. The Kier molecular flexibility index (Phi) is 7.16. The van der Waals surface area contributed by atoms with Crippen molar-refractivity contribution in [2.75, 3.05) is 59.5 Å². The van der Waals surface area contributed by atoms with Crippen LogP contribution in [0.1, 0.15) is 6.92 Å². The predicted octanol–water partition coefficient (Wildman–Crippen LogP) is 0.828. The number of benzene rings is 1. The van der Waals surface area contributed by atoms with Crippen molar-refractivity contribution in [3.63, 3.8) is 0 Å². The molecule has 1 N–H and O–H groups in total. The number of carbonyl (C=O) groups is 1. The summed E-state index contributed by atoms with van der Waals surface area (Å²) in [6.45, 7) is 7.70. The summed E-state index contributed by atoms with van der Waals surface area (Å²) in [5.74, 6) is 1.85. The molecule has 0 spiro atoms. The molecule has 0 bridgehead atoms. The quantitative estimate of drug-likeness (QED) is 0.768. The fourth-order valence-electron chi connectivity index (χ4n) is 2.44. The van der Waals surface area contributed by atoms with Crippen LogP contribution in [0.2, 0.25) is 0 Å². The van der Waals surface area contributed by atoms with Gasteiger partial charge in [-0.05, 0) is 38.2 Å². The fourth-order valence-corrected chi connectivity index (χ4v) is 2.44. The number of nitrogens with zero attached hydrogens (tertiary/aromatic N) is 2. The number of hydrogen-bond donors (Lipinski definition) is 1. The van der Waals surface area contributed by atoms with E-state index in [1.165, 1.54) is 0 Å². The van der Waals surface area contributed by atoms with Crippen molar-refractivity contribution < 1.29 is 14.3 Å². The maximum atomic E-state index is 12.1. The minimum Gasteiger partial charge on any atom is -0.494 e. The van der Waals surface area contributed by atoms with Gasteiger partial charge in [-0.2, -0.15) is 0 Å². The van der Waals surface area contributed by atoms with Gasteiger partial charge < -0.3 is 19.7 Å². The standard InChI is InChI=1S/C17H27N3O3/c1-3-22-15-4-6-16(7-5-15)23-13-12-19(2)14-17(21)20-10-8-18-9-11-20/h4-7,18H,3,8-14H2,1-2H3. The van der Waals surface area contributed by atoms with Gasteiger partial charge in [-0.15, -0.1) is 0 Å². The smallest absolute Gasteiger partial charge is 0.236 e. The molecule has 1 aromatic rings. The van der Waals surface area contributed by atoms with Crippen LogP contribution >= 0.6 is 0 Å². The van der Waals surface area contributed by atoms with Gasteiger partial charge in [-0.25, -0.2) is 0 Å². The summed E-state index contributed by atoms with van der Waals surface area (Å²) >= 11 is 0. The lowest BCUT2D eigenvalue weighted by Gasteiger charge is -2.29. The molecule has 0 aromatic heterocycles. The van der Waals surface area contributed by atoms with Crippen molar-refractivity contribution in [1.29, 1.82) is 0 Å². The molecule has 1 heterocycles. The molecule has 0 radical (unpaired) electrons. The van der Waals surface area contributed by atoms with Crippen LogP contribution in [-0.2, 0) is 4.79 Å². The molecule has 1 aromatic carbocycles. The fraction of sp³-hybridized carbons (Fsp3) is 0.588. The molecule has 0 aliphatic carbocycles. The molecule has 2 rings (SSSR count). The molecule has 1 aliphatic heterocycles. The molecule has 1 saturated heterocycles. The number of ether oxygens (including phenoxy) is 2. The van der Waals surface area contributed by atoms with Crippen LogP contribution in [0.3, 0.4) is 0 Å². The third-order valence-electron chi connectivity index (χ3n) is 3.75. The molecule has 1 fully saturated rings. The van der Waals surface area contributed by atoms with E-state index in [1.807, 2.05) is 48.0 Å². The number of hydrogen-bond acceptors (Lipinski definition) is 5. The molecule has 0 saturated carbocycles. The van der Waals surface area contributed by atoms with E-state index in [0.717, 1.165) is 37.7 Å². The summed E-state index contributed by atoms with van der Waals surface area (Å²) in [6, 6.07) is 7.60. The first-order valence-corrected chi connectivity index (χ1v) is 8.21. The Bertz CT molecular complexity index is 472. The number of amides is 1. The van der Waals surface area contributed by atoms with Crippen molar-refractivity contribution in [1.82, 2.24) is 15.1 Å². The van der Waals surface area contributed by atoms with Crippen LogP contribution in [0, 0.1) is 0 Å². The Morgan fingerprint density at radius 2 is 1.78 bits per heavy atom. The average Bonchev–Trinajstić information content (AvgIpc) is 2.57. The van der Waals surface area contributed by atoms with Crippen molar-refractivity contribution in [3.05, 3.63) is 24.3 Å². The van der Waals surface area contributed by atoms with Gasteiger partial charge in [0, 0.05) is 32.7 Å². The topological polar surface area (TPSA) is 54.0 Å². The van der Waals surface area contributed by atoms with Crippen molar-refractivity contribution in [3.8, 4) is 11.5 Å². The zero-order chi connectivity index (χ0) is 16.5. The van der Waals surface area contributed by atoms with Crippen LogP contribution < -0.4 is 14.8 Å². The van der Waals surface area contributed by atoms with Crippen molar-refractivity contribution in [2.24, 2.45) is 0 Å². The molecule has 0 unspecified atom stereocenters. The molecule has 6 heteroatoms. The van der Waals surface area contributed by atoms with E-state index < -0.39 is 0 Å². The first kappa shape index (κ1) is 17.6. The largest absolute Gasteiger partial charge is 0.494 e. The highest BCUT2D eigenvalue weighted by Crippen LogP contribution is 2.17. The second-order valence-corrected chi connectivity index (χ2v) is 5.62. The minimum atomic E-state index is 0.190. The number of carbonyl (C=O) groups excluding carboxylic acids is 1. The molecular weight excluding hydrogens is 294 g/mol. The highest BCUT2D eigenvalue weighted by atomic mass is 16.5. The van der Waals surface area contributed by atoms with Gasteiger partial charge in [-0.3, -0.25) is 9.69 Å². The third-order valence-corrected chi connectivity index (χ3v) is 3.75. The van der Waals surface area contributed by atoms with Crippen LogP contribution in [0.4, 0.5) is 0 Å². The molecule has 1 aliphatic rings.